The first kappa shape index (κ1) is 24.9. The number of ether oxygens (including phenoxy) is 2. The van der Waals surface area contributed by atoms with Gasteiger partial charge in [0.1, 0.15) is 0 Å². The highest BCUT2D eigenvalue weighted by molar-refractivity contribution is 5.75. The second-order valence-electron chi connectivity index (χ2n) is 9.21. The van der Waals surface area contributed by atoms with Crippen molar-refractivity contribution in [1.29, 1.82) is 0 Å². The molecule has 1 N–H and O–H groups in total. The molecule has 1 aliphatic rings. The van der Waals surface area contributed by atoms with Gasteiger partial charge in [-0.25, -0.2) is 4.79 Å². The summed E-state index contributed by atoms with van der Waals surface area (Å²) in [4.78, 5) is 17.7. The molecule has 1 atom stereocenters. The van der Waals surface area contributed by atoms with E-state index in [0.29, 0.717) is 30.9 Å². The molecule has 0 bridgehead atoms. The third-order valence-electron chi connectivity index (χ3n) is 6.51. The van der Waals surface area contributed by atoms with Gasteiger partial charge in [0.15, 0.2) is 11.5 Å². The summed E-state index contributed by atoms with van der Waals surface area (Å²) < 4.78 is 11.1. The molecular formula is C27H39N3O3. The van der Waals surface area contributed by atoms with Crippen LogP contribution >= 0.6 is 0 Å². The zero-order chi connectivity index (χ0) is 24.0. The van der Waals surface area contributed by atoms with Gasteiger partial charge in [-0.3, -0.25) is 4.90 Å². The summed E-state index contributed by atoms with van der Waals surface area (Å²) in [5.41, 5.74) is 3.54. The van der Waals surface area contributed by atoms with Crippen LogP contribution in [0, 0.1) is 0 Å². The molecule has 0 saturated heterocycles. The number of hydrogen-bond donors (Lipinski definition) is 1. The highest BCUT2D eigenvalue weighted by Crippen LogP contribution is 2.39. The van der Waals surface area contributed by atoms with E-state index in [-0.39, 0.29) is 12.1 Å². The van der Waals surface area contributed by atoms with E-state index in [1.54, 1.807) is 14.2 Å². The van der Waals surface area contributed by atoms with Crippen LogP contribution in [0.5, 0.6) is 11.5 Å². The van der Waals surface area contributed by atoms with Crippen molar-refractivity contribution in [3.63, 3.8) is 0 Å². The molecule has 2 aromatic rings. The Kier molecular flexibility index (Phi) is 8.61. The molecule has 0 aliphatic carbocycles. The standard InChI is InChI=1S/C27H39N3O3/c1-19(2)29(20(3)4)15-13-28-27(31)30-14-12-22-17-25(32-5)26(33-6)18-23(22)24(30)16-21-10-8-7-9-11-21/h7-11,17-20,24H,12-16H2,1-6H3,(H,28,31). The maximum Gasteiger partial charge on any atom is 0.317 e. The van der Waals surface area contributed by atoms with Gasteiger partial charge in [-0.05, 0) is 69.4 Å². The number of amides is 2. The lowest BCUT2D eigenvalue weighted by atomic mass is 9.88. The lowest BCUT2D eigenvalue weighted by molar-refractivity contribution is 0.156. The first-order valence-electron chi connectivity index (χ1n) is 11.9. The third kappa shape index (κ3) is 5.99. The number of methoxy groups -OCH3 is 2. The molecule has 2 aromatic carbocycles. The fourth-order valence-electron chi connectivity index (χ4n) is 4.83. The number of carbonyl (C=O) groups is 1. The predicted octanol–water partition coefficient (Wildman–Crippen LogP) is 4.67. The average molecular weight is 454 g/mol. The lowest BCUT2D eigenvalue weighted by Crippen LogP contribution is -2.49. The van der Waals surface area contributed by atoms with Gasteiger partial charge >= 0.3 is 6.03 Å². The molecule has 33 heavy (non-hydrogen) atoms. The van der Waals surface area contributed by atoms with E-state index >= 15 is 0 Å². The van der Waals surface area contributed by atoms with Crippen molar-refractivity contribution >= 4 is 6.03 Å². The molecule has 0 saturated carbocycles. The monoisotopic (exact) mass is 453 g/mol. The number of nitrogens with zero attached hydrogens (tertiary/aromatic N) is 2. The maximum atomic E-state index is 13.3. The van der Waals surface area contributed by atoms with Crippen LogP contribution in [0.3, 0.4) is 0 Å². The first-order chi connectivity index (χ1) is 15.8. The maximum absolute atomic E-state index is 13.3. The molecule has 3 rings (SSSR count). The normalized spacial score (nSPS) is 15.7. The molecule has 1 unspecified atom stereocenters. The predicted molar refractivity (Wildman–Crippen MR) is 133 cm³/mol. The topological polar surface area (TPSA) is 54.0 Å². The van der Waals surface area contributed by atoms with E-state index < -0.39 is 0 Å². The second kappa shape index (κ2) is 11.4. The fraction of sp³-hybridized carbons (Fsp3) is 0.519. The zero-order valence-electron chi connectivity index (χ0n) is 20.9. The second-order valence-corrected chi connectivity index (χ2v) is 9.21. The molecule has 2 amide bonds. The van der Waals surface area contributed by atoms with Gasteiger partial charge in [-0.1, -0.05) is 30.3 Å². The van der Waals surface area contributed by atoms with Crippen LogP contribution in [-0.4, -0.2) is 61.8 Å². The van der Waals surface area contributed by atoms with Crippen molar-refractivity contribution in [2.45, 2.75) is 58.7 Å². The highest BCUT2D eigenvalue weighted by Gasteiger charge is 2.32. The van der Waals surface area contributed by atoms with E-state index in [4.69, 9.17) is 9.47 Å². The van der Waals surface area contributed by atoms with Crippen LogP contribution in [0.4, 0.5) is 4.79 Å². The number of nitrogens with one attached hydrogen (secondary N) is 1. The van der Waals surface area contributed by atoms with E-state index in [0.717, 1.165) is 30.7 Å². The van der Waals surface area contributed by atoms with E-state index in [9.17, 15) is 4.79 Å². The van der Waals surface area contributed by atoms with E-state index in [1.165, 1.54) is 11.1 Å². The van der Waals surface area contributed by atoms with Gasteiger partial charge in [-0.2, -0.15) is 0 Å². The fourth-order valence-corrected chi connectivity index (χ4v) is 4.83. The van der Waals surface area contributed by atoms with Crippen LogP contribution in [0.15, 0.2) is 42.5 Å². The van der Waals surface area contributed by atoms with Crippen LogP contribution in [0.25, 0.3) is 0 Å². The van der Waals surface area contributed by atoms with Crippen molar-refractivity contribution in [2.24, 2.45) is 0 Å². The van der Waals surface area contributed by atoms with Crippen molar-refractivity contribution in [3.8, 4) is 11.5 Å². The minimum atomic E-state index is -0.0674. The molecule has 1 heterocycles. The zero-order valence-corrected chi connectivity index (χ0v) is 20.9. The minimum Gasteiger partial charge on any atom is -0.493 e. The summed E-state index contributed by atoms with van der Waals surface area (Å²) >= 11 is 0. The van der Waals surface area contributed by atoms with Gasteiger partial charge in [0.25, 0.3) is 0 Å². The van der Waals surface area contributed by atoms with Gasteiger partial charge in [0.2, 0.25) is 0 Å². The summed E-state index contributed by atoms with van der Waals surface area (Å²) in [5.74, 6) is 1.43. The Morgan fingerprint density at radius 2 is 1.70 bits per heavy atom. The molecule has 1 aliphatic heterocycles. The van der Waals surface area contributed by atoms with Gasteiger partial charge in [0.05, 0.1) is 20.3 Å². The number of hydrogen-bond acceptors (Lipinski definition) is 4. The molecule has 0 aromatic heterocycles. The van der Waals surface area contributed by atoms with Crippen molar-refractivity contribution in [3.05, 3.63) is 59.2 Å². The highest BCUT2D eigenvalue weighted by atomic mass is 16.5. The number of benzene rings is 2. The van der Waals surface area contributed by atoms with Crippen molar-refractivity contribution in [2.75, 3.05) is 33.9 Å². The lowest BCUT2D eigenvalue weighted by Gasteiger charge is -2.38. The molecule has 180 valence electrons. The summed E-state index contributed by atoms with van der Waals surface area (Å²) in [6.45, 7) is 10.9. The third-order valence-corrected chi connectivity index (χ3v) is 6.51. The average Bonchev–Trinajstić information content (AvgIpc) is 2.81. The van der Waals surface area contributed by atoms with Crippen LogP contribution in [0.1, 0.15) is 50.4 Å². The Bertz CT molecular complexity index is 906. The summed E-state index contributed by atoms with van der Waals surface area (Å²) in [6, 6.07) is 15.3. The van der Waals surface area contributed by atoms with E-state index in [1.807, 2.05) is 29.2 Å². The summed E-state index contributed by atoms with van der Waals surface area (Å²) in [6.07, 6.45) is 1.54. The first-order valence-corrected chi connectivity index (χ1v) is 11.9. The van der Waals surface area contributed by atoms with Crippen LogP contribution in [-0.2, 0) is 12.8 Å². The van der Waals surface area contributed by atoms with Crippen LogP contribution < -0.4 is 14.8 Å². The molecule has 0 fully saturated rings. The number of urea groups is 1. The number of rotatable bonds is 9. The minimum absolute atomic E-state index is 0.0103. The quantitative estimate of drug-likeness (QED) is 0.599. The Morgan fingerprint density at radius 3 is 2.30 bits per heavy atom. The molecular weight excluding hydrogens is 414 g/mol. The van der Waals surface area contributed by atoms with Gasteiger partial charge < -0.3 is 19.7 Å². The van der Waals surface area contributed by atoms with Gasteiger partial charge in [0, 0.05) is 31.7 Å². The van der Waals surface area contributed by atoms with Crippen molar-refractivity contribution in [1.82, 2.24) is 15.1 Å². The number of fused-ring (bicyclic) bond motifs is 1. The Labute approximate surface area is 198 Å². The van der Waals surface area contributed by atoms with E-state index in [2.05, 4.69) is 56.1 Å². The Balaban J connectivity index is 1.83. The molecule has 6 heteroatoms. The Hall–Kier alpha value is -2.73. The Morgan fingerprint density at radius 1 is 1.06 bits per heavy atom. The van der Waals surface area contributed by atoms with Gasteiger partial charge in [-0.15, -0.1) is 0 Å². The van der Waals surface area contributed by atoms with Crippen molar-refractivity contribution < 1.29 is 14.3 Å². The number of carbonyl (C=O) groups excluding carboxylic acids is 1. The molecule has 0 radical (unpaired) electrons. The molecule has 0 spiro atoms. The SMILES string of the molecule is COc1cc2c(cc1OC)C(Cc1ccccc1)N(C(=O)NCCN(C(C)C)C(C)C)CC2. The largest absolute Gasteiger partial charge is 0.493 e. The summed E-state index contributed by atoms with van der Waals surface area (Å²) in [5, 5.41) is 3.18. The van der Waals surface area contributed by atoms with Crippen LogP contribution in [0.2, 0.25) is 0 Å². The summed E-state index contributed by atoms with van der Waals surface area (Å²) in [7, 11) is 3.31. The smallest absolute Gasteiger partial charge is 0.317 e. The molecule has 6 nitrogen and oxygen atoms in total.